The Hall–Kier alpha value is -1.00. The van der Waals surface area contributed by atoms with Crippen LogP contribution < -0.4 is 11.1 Å². The van der Waals surface area contributed by atoms with E-state index in [1.54, 1.807) is 11.8 Å². The van der Waals surface area contributed by atoms with Gasteiger partial charge in [-0.3, -0.25) is 4.79 Å². The first kappa shape index (κ1) is 12.5. The number of hydrogen-bond acceptors (Lipinski definition) is 3. The van der Waals surface area contributed by atoms with Crippen molar-refractivity contribution in [1.29, 1.82) is 0 Å². The molecule has 1 saturated carbocycles. The molecule has 1 aliphatic rings. The molecule has 0 radical (unpaired) electrons. The third kappa shape index (κ3) is 2.33. The van der Waals surface area contributed by atoms with Crippen LogP contribution in [0, 0.1) is 5.41 Å². The molecule has 1 aromatic rings. The lowest BCUT2D eigenvalue weighted by atomic mass is 9.68. The van der Waals surface area contributed by atoms with Crippen LogP contribution in [0.15, 0.2) is 29.2 Å². The van der Waals surface area contributed by atoms with E-state index in [1.807, 2.05) is 30.5 Å². The standard InChI is InChI=1S/C13H18N2OS/c1-17-11-6-3-2-5-10(11)15-12(16)13(9-14)7-4-8-13/h2-3,5-6H,4,7-9,14H2,1H3,(H,15,16). The highest BCUT2D eigenvalue weighted by atomic mass is 32.2. The average molecular weight is 250 g/mol. The van der Waals surface area contributed by atoms with Crippen LogP contribution >= 0.6 is 11.8 Å². The van der Waals surface area contributed by atoms with E-state index >= 15 is 0 Å². The minimum Gasteiger partial charge on any atom is -0.329 e. The van der Waals surface area contributed by atoms with Crippen LogP contribution in [0.5, 0.6) is 0 Å². The Morgan fingerprint density at radius 1 is 1.47 bits per heavy atom. The summed E-state index contributed by atoms with van der Waals surface area (Å²) in [5.41, 5.74) is 6.31. The SMILES string of the molecule is CSc1ccccc1NC(=O)C1(CN)CCC1. The van der Waals surface area contributed by atoms with Gasteiger partial charge in [0.2, 0.25) is 5.91 Å². The summed E-state index contributed by atoms with van der Waals surface area (Å²) in [6.07, 6.45) is 4.94. The van der Waals surface area contributed by atoms with Crippen molar-refractivity contribution < 1.29 is 4.79 Å². The van der Waals surface area contributed by atoms with Crippen molar-refractivity contribution in [2.75, 3.05) is 18.1 Å². The number of benzene rings is 1. The molecule has 0 spiro atoms. The summed E-state index contributed by atoms with van der Waals surface area (Å²) in [7, 11) is 0. The molecule has 0 unspecified atom stereocenters. The van der Waals surface area contributed by atoms with Gasteiger partial charge in [0.05, 0.1) is 11.1 Å². The Morgan fingerprint density at radius 3 is 2.71 bits per heavy atom. The fraction of sp³-hybridized carbons (Fsp3) is 0.462. The van der Waals surface area contributed by atoms with Gasteiger partial charge in [0, 0.05) is 11.4 Å². The van der Waals surface area contributed by atoms with E-state index in [2.05, 4.69) is 5.32 Å². The molecule has 3 nitrogen and oxygen atoms in total. The van der Waals surface area contributed by atoms with Gasteiger partial charge in [-0.05, 0) is 31.2 Å². The van der Waals surface area contributed by atoms with Gasteiger partial charge in [0.15, 0.2) is 0 Å². The number of anilines is 1. The summed E-state index contributed by atoms with van der Waals surface area (Å²) in [6.45, 7) is 0.445. The zero-order valence-corrected chi connectivity index (χ0v) is 10.8. The molecule has 92 valence electrons. The number of para-hydroxylation sites is 1. The largest absolute Gasteiger partial charge is 0.329 e. The molecule has 1 amide bonds. The molecule has 0 atom stereocenters. The van der Waals surface area contributed by atoms with Gasteiger partial charge in [-0.1, -0.05) is 18.6 Å². The zero-order valence-electron chi connectivity index (χ0n) is 10.0. The third-order valence-corrected chi connectivity index (χ3v) is 4.33. The second-order valence-corrected chi connectivity index (χ2v) is 5.34. The normalized spacial score (nSPS) is 17.3. The molecular weight excluding hydrogens is 232 g/mol. The number of nitrogens with two attached hydrogens (primary N) is 1. The predicted octanol–water partition coefficient (Wildman–Crippen LogP) is 2.48. The molecule has 2 rings (SSSR count). The van der Waals surface area contributed by atoms with Crippen LogP contribution in [0.4, 0.5) is 5.69 Å². The Bertz CT molecular complexity index is 410. The van der Waals surface area contributed by atoms with E-state index < -0.39 is 0 Å². The van der Waals surface area contributed by atoms with Gasteiger partial charge in [-0.25, -0.2) is 0 Å². The number of rotatable bonds is 4. The maximum absolute atomic E-state index is 12.2. The molecule has 1 fully saturated rings. The third-order valence-electron chi connectivity index (χ3n) is 3.54. The van der Waals surface area contributed by atoms with E-state index in [0.29, 0.717) is 6.54 Å². The predicted molar refractivity (Wildman–Crippen MR) is 72.2 cm³/mol. The number of thioether (sulfide) groups is 1. The fourth-order valence-corrected chi connectivity index (χ4v) is 2.68. The summed E-state index contributed by atoms with van der Waals surface area (Å²) < 4.78 is 0. The van der Waals surface area contributed by atoms with Crippen LogP contribution in [0.25, 0.3) is 0 Å². The van der Waals surface area contributed by atoms with Crippen molar-refractivity contribution in [2.45, 2.75) is 24.2 Å². The topological polar surface area (TPSA) is 55.1 Å². The number of amides is 1. The van der Waals surface area contributed by atoms with Crippen molar-refractivity contribution in [1.82, 2.24) is 0 Å². The van der Waals surface area contributed by atoms with Crippen molar-refractivity contribution >= 4 is 23.4 Å². The second-order valence-electron chi connectivity index (χ2n) is 4.49. The minimum absolute atomic E-state index is 0.0766. The van der Waals surface area contributed by atoms with Crippen LogP contribution in [0.1, 0.15) is 19.3 Å². The lowest BCUT2D eigenvalue weighted by molar-refractivity contribution is -0.129. The maximum atomic E-state index is 12.2. The summed E-state index contributed by atoms with van der Waals surface area (Å²) in [5.74, 6) is 0.0766. The van der Waals surface area contributed by atoms with Crippen molar-refractivity contribution in [2.24, 2.45) is 11.1 Å². The molecule has 17 heavy (non-hydrogen) atoms. The summed E-state index contributed by atoms with van der Waals surface area (Å²) in [5, 5.41) is 3.02. The quantitative estimate of drug-likeness (QED) is 0.807. The van der Waals surface area contributed by atoms with Crippen LogP contribution in [-0.4, -0.2) is 18.7 Å². The van der Waals surface area contributed by atoms with E-state index in [1.165, 1.54) is 0 Å². The summed E-state index contributed by atoms with van der Waals surface area (Å²) >= 11 is 1.64. The number of carbonyl (C=O) groups excluding carboxylic acids is 1. The molecule has 4 heteroatoms. The lowest BCUT2D eigenvalue weighted by Crippen LogP contribution is -2.47. The Balaban J connectivity index is 2.12. The highest BCUT2D eigenvalue weighted by molar-refractivity contribution is 7.98. The molecule has 1 aromatic carbocycles. The smallest absolute Gasteiger partial charge is 0.231 e. The Morgan fingerprint density at radius 2 is 2.18 bits per heavy atom. The van der Waals surface area contributed by atoms with E-state index in [-0.39, 0.29) is 11.3 Å². The highest BCUT2D eigenvalue weighted by Crippen LogP contribution is 2.41. The Kier molecular flexibility index (Phi) is 3.74. The average Bonchev–Trinajstić information content (AvgIpc) is 2.29. The molecule has 0 bridgehead atoms. The molecular formula is C13H18N2OS. The van der Waals surface area contributed by atoms with Gasteiger partial charge in [-0.15, -0.1) is 11.8 Å². The monoisotopic (exact) mass is 250 g/mol. The summed E-state index contributed by atoms with van der Waals surface area (Å²) in [6, 6.07) is 7.86. The van der Waals surface area contributed by atoms with Crippen LogP contribution in [-0.2, 0) is 4.79 Å². The second kappa shape index (κ2) is 5.10. The maximum Gasteiger partial charge on any atom is 0.231 e. The molecule has 1 aliphatic carbocycles. The fourth-order valence-electron chi connectivity index (χ4n) is 2.13. The zero-order chi connectivity index (χ0) is 12.3. The first-order valence-corrected chi connectivity index (χ1v) is 7.09. The molecule has 0 heterocycles. The van der Waals surface area contributed by atoms with Crippen LogP contribution in [0.2, 0.25) is 0 Å². The summed E-state index contributed by atoms with van der Waals surface area (Å²) in [4.78, 5) is 13.3. The number of hydrogen-bond donors (Lipinski definition) is 2. The van der Waals surface area contributed by atoms with Crippen molar-refractivity contribution in [3.8, 4) is 0 Å². The molecule has 0 saturated heterocycles. The van der Waals surface area contributed by atoms with E-state index in [4.69, 9.17) is 5.73 Å². The molecule has 0 aliphatic heterocycles. The van der Waals surface area contributed by atoms with Crippen molar-refractivity contribution in [3.05, 3.63) is 24.3 Å². The Labute approximate surface area is 106 Å². The highest BCUT2D eigenvalue weighted by Gasteiger charge is 2.42. The molecule has 0 aromatic heterocycles. The van der Waals surface area contributed by atoms with Crippen LogP contribution in [0.3, 0.4) is 0 Å². The van der Waals surface area contributed by atoms with Crippen molar-refractivity contribution in [3.63, 3.8) is 0 Å². The van der Waals surface area contributed by atoms with Gasteiger partial charge in [0.25, 0.3) is 0 Å². The first-order valence-electron chi connectivity index (χ1n) is 5.86. The molecule has 3 N–H and O–H groups in total. The first-order chi connectivity index (χ1) is 8.22. The lowest BCUT2D eigenvalue weighted by Gasteiger charge is -2.39. The number of carbonyl (C=O) groups is 1. The van der Waals surface area contributed by atoms with E-state index in [0.717, 1.165) is 29.8 Å². The minimum atomic E-state index is -0.314. The van der Waals surface area contributed by atoms with Gasteiger partial charge < -0.3 is 11.1 Å². The number of nitrogens with one attached hydrogen (secondary N) is 1. The van der Waals surface area contributed by atoms with Gasteiger partial charge >= 0.3 is 0 Å². The van der Waals surface area contributed by atoms with Gasteiger partial charge in [0.1, 0.15) is 0 Å². The van der Waals surface area contributed by atoms with E-state index in [9.17, 15) is 4.79 Å². The van der Waals surface area contributed by atoms with Gasteiger partial charge in [-0.2, -0.15) is 0 Å².